The van der Waals surface area contributed by atoms with Crippen LogP contribution in [0.3, 0.4) is 0 Å². The number of rotatable bonds is 9. The van der Waals surface area contributed by atoms with Crippen LogP contribution in [-0.2, 0) is 29.6 Å². The Morgan fingerprint density at radius 3 is 2.48 bits per heavy atom. The van der Waals surface area contributed by atoms with Crippen LogP contribution in [0.25, 0.3) is 0 Å². The van der Waals surface area contributed by atoms with Gasteiger partial charge in [0.1, 0.15) is 6.04 Å². The molecule has 2 fully saturated rings. The first-order valence-electron chi connectivity index (χ1n) is 10.9. The molecule has 2 aliphatic heterocycles. The molecular formula is C23H32N2O5S. The molecule has 0 saturated carbocycles. The lowest BCUT2D eigenvalue weighted by Crippen LogP contribution is -2.54. The number of nitrogens with zero attached hydrogens (tertiary/aromatic N) is 1. The van der Waals surface area contributed by atoms with Gasteiger partial charge in [-0.25, -0.2) is 4.79 Å². The quantitative estimate of drug-likeness (QED) is 0.460. The van der Waals surface area contributed by atoms with E-state index in [0.717, 1.165) is 17.7 Å². The van der Waals surface area contributed by atoms with E-state index in [-0.39, 0.29) is 12.5 Å². The average molecular weight is 449 g/mol. The van der Waals surface area contributed by atoms with Crippen molar-refractivity contribution in [3.63, 3.8) is 0 Å². The SMILES string of the molecule is CCOC(=O)[C@H]1O[C@@H]1C(=O)NC(CSCc1ccccc1)C(=O)N1CC(C)CC(C)C1. The van der Waals surface area contributed by atoms with Crippen LogP contribution >= 0.6 is 11.8 Å². The van der Waals surface area contributed by atoms with Crippen molar-refractivity contribution in [1.82, 2.24) is 10.2 Å². The van der Waals surface area contributed by atoms with Gasteiger partial charge in [0.05, 0.1) is 6.61 Å². The van der Waals surface area contributed by atoms with E-state index in [1.807, 2.05) is 35.2 Å². The number of nitrogens with one attached hydrogen (secondary N) is 1. The van der Waals surface area contributed by atoms with Crippen molar-refractivity contribution >= 4 is 29.5 Å². The van der Waals surface area contributed by atoms with Crippen LogP contribution in [0.2, 0.25) is 0 Å². The fourth-order valence-corrected chi connectivity index (χ4v) is 5.08. The summed E-state index contributed by atoms with van der Waals surface area (Å²) < 4.78 is 10.1. The predicted octanol–water partition coefficient (Wildman–Crippen LogP) is 2.24. The number of benzene rings is 1. The lowest BCUT2D eigenvalue weighted by atomic mass is 9.91. The van der Waals surface area contributed by atoms with Gasteiger partial charge in [-0.05, 0) is 30.7 Å². The summed E-state index contributed by atoms with van der Waals surface area (Å²) in [6.07, 6.45) is -0.656. The maximum Gasteiger partial charge on any atom is 0.338 e. The van der Waals surface area contributed by atoms with E-state index in [4.69, 9.17) is 9.47 Å². The summed E-state index contributed by atoms with van der Waals surface area (Å²) in [5, 5.41) is 2.84. The summed E-state index contributed by atoms with van der Waals surface area (Å²) in [4.78, 5) is 39.6. The summed E-state index contributed by atoms with van der Waals surface area (Å²) >= 11 is 1.60. The minimum atomic E-state index is -0.882. The highest BCUT2D eigenvalue weighted by Gasteiger charge is 2.52. The van der Waals surface area contributed by atoms with E-state index in [1.165, 1.54) is 0 Å². The molecule has 0 spiro atoms. The smallest absolute Gasteiger partial charge is 0.338 e. The fourth-order valence-electron chi connectivity index (χ4n) is 4.08. The van der Waals surface area contributed by atoms with Gasteiger partial charge in [-0.1, -0.05) is 44.2 Å². The lowest BCUT2D eigenvalue weighted by molar-refractivity contribution is -0.144. The fraction of sp³-hybridized carbons (Fsp3) is 0.609. The number of carbonyl (C=O) groups is 3. The first kappa shape index (κ1) is 23.6. The predicted molar refractivity (Wildman–Crippen MR) is 119 cm³/mol. The van der Waals surface area contributed by atoms with Crippen LogP contribution in [-0.4, -0.2) is 66.4 Å². The number of piperidine rings is 1. The summed E-state index contributed by atoms with van der Waals surface area (Å²) in [5.41, 5.74) is 1.16. The highest BCUT2D eigenvalue weighted by Crippen LogP contribution is 2.25. The van der Waals surface area contributed by atoms with E-state index in [2.05, 4.69) is 19.2 Å². The Kier molecular flexibility index (Phi) is 8.37. The second-order valence-electron chi connectivity index (χ2n) is 8.48. The molecule has 0 aliphatic carbocycles. The van der Waals surface area contributed by atoms with Crippen molar-refractivity contribution in [3.05, 3.63) is 35.9 Å². The van der Waals surface area contributed by atoms with E-state index < -0.39 is 30.1 Å². The Balaban J connectivity index is 1.61. The number of thioether (sulfide) groups is 1. The van der Waals surface area contributed by atoms with Gasteiger partial charge in [0.15, 0.2) is 12.2 Å². The van der Waals surface area contributed by atoms with Crippen molar-refractivity contribution in [2.75, 3.05) is 25.4 Å². The molecule has 1 aromatic carbocycles. The molecule has 7 nitrogen and oxygen atoms in total. The Bertz CT molecular complexity index is 764. The molecule has 2 heterocycles. The Morgan fingerprint density at radius 2 is 1.84 bits per heavy atom. The number of likely N-dealkylation sites (tertiary alicyclic amines) is 1. The minimum absolute atomic E-state index is 0.0688. The monoisotopic (exact) mass is 448 g/mol. The molecule has 0 radical (unpaired) electrons. The number of amides is 2. The summed E-state index contributed by atoms with van der Waals surface area (Å²) in [6.45, 7) is 7.63. The number of ether oxygens (including phenoxy) is 2. The highest BCUT2D eigenvalue weighted by atomic mass is 32.2. The molecule has 3 rings (SSSR count). The van der Waals surface area contributed by atoms with Crippen molar-refractivity contribution in [2.24, 2.45) is 11.8 Å². The van der Waals surface area contributed by atoms with Crippen LogP contribution in [0.5, 0.6) is 0 Å². The van der Waals surface area contributed by atoms with E-state index in [9.17, 15) is 14.4 Å². The maximum atomic E-state index is 13.3. The van der Waals surface area contributed by atoms with Gasteiger partial charge in [-0.3, -0.25) is 9.59 Å². The minimum Gasteiger partial charge on any atom is -0.464 e. The van der Waals surface area contributed by atoms with Crippen molar-refractivity contribution in [1.29, 1.82) is 0 Å². The second kappa shape index (κ2) is 11.0. The van der Waals surface area contributed by atoms with Crippen LogP contribution in [0.15, 0.2) is 30.3 Å². The average Bonchev–Trinajstić information content (AvgIpc) is 3.54. The molecule has 170 valence electrons. The normalized spacial score (nSPS) is 26.1. The van der Waals surface area contributed by atoms with E-state index in [1.54, 1.807) is 18.7 Å². The van der Waals surface area contributed by atoms with Gasteiger partial charge in [-0.2, -0.15) is 11.8 Å². The summed E-state index contributed by atoms with van der Waals surface area (Å²) in [5.74, 6) is 1.02. The summed E-state index contributed by atoms with van der Waals surface area (Å²) in [7, 11) is 0. The molecule has 2 amide bonds. The van der Waals surface area contributed by atoms with Gasteiger partial charge in [0.25, 0.3) is 5.91 Å². The highest BCUT2D eigenvalue weighted by molar-refractivity contribution is 7.98. The molecule has 0 aromatic heterocycles. The molecule has 5 atom stereocenters. The first-order chi connectivity index (χ1) is 14.9. The first-order valence-corrected chi connectivity index (χ1v) is 12.1. The third-order valence-corrected chi connectivity index (χ3v) is 6.57. The molecule has 1 N–H and O–H groups in total. The summed E-state index contributed by atoms with van der Waals surface area (Å²) in [6, 6.07) is 9.35. The Hall–Kier alpha value is -2.06. The maximum absolute atomic E-state index is 13.3. The molecule has 2 aliphatic rings. The van der Waals surface area contributed by atoms with Crippen molar-refractivity contribution in [2.45, 2.75) is 51.2 Å². The number of esters is 1. The van der Waals surface area contributed by atoms with Crippen LogP contribution in [0, 0.1) is 11.8 Å². The number of hydrogen-bond donors (Lipinski definition) is 1. The van der Waals surface area contributed by atoms with E-state index >= 15 is 0 Å². The molecule has 3 unspecified atom stereocenters. The standard InChI is InChI=1S/C23H32N2O5S/c1-4-29-23(28)20-19(30-20)21(26)24-18(14-31-13-17-8-6-5-7-9-17)22(27)25-11-15(2)10-16(3)12-25/h5-9,15-16,18-20H,4,10-14H2,1-3H3,(H,24,26)/t15?,16?,18?,19-,20-/m0/s1. The largest absolute Gasteiger partial charge is 0.464 e. The number of hydrogen-bond acceptors (Lipinski definition) is 6. The zero-order valence-electron chi connectivity index (χ0n) is 18.4. The Morgan fingerprint density at radius 1 is 1.16 bits per heavy atom. The van der Waals surface area contributed by atoms with Gasteiger partial charge in [-0.15, -0.1) is 0 Å². The van der Waals surface area contributed by atoms with Crippen LogP contribution in [0.4, 0.5) is 0 Å². The lowest BCUT2D eigenvalue weighted by Gasteiger charge is -2.37. The van der Waals surface area contributed by atoms with Gasteiger partial charge in [0, 0.05) is 24.6 Å². The number of epoxide rings is 1. The third kappa shape index (κ3) is 6.71. The molecule has 2 saturated heterocycles. The molecule has 31 heavy (non-hydrogen) atoms. The van der Waals surface area contributed by atoms with Crippen molar-refractivity contribution in [3.8, 4) is 0 Å². The molecule has 0 bridgehead atoms. The molecular weight excluding hydrogens is 416 g/mol. The van der Waals surface area contributed by atoms with Gasteiger partial charge < -0.3 is 19.7 Å². The topological polar surface area (TPSA) is 88.2 Å². The van der Waals surface area contributed by atoms with Crippen LogP contribution < -0.4 is 5.32 Å². The van der Waals surface area contributed by atoms with Gasteiger partial charge >= 0.3 is 5.97 Å². The number of carbonyl (C=O) groups excluding carboxylic acids is 3. The third-order valence-electron chi connectivity index (χ3n) is 5.46. The zero-order valence-corrected chi connectivity index (χ0v) is 19.2. The van der Waals surface area contributed by atoms with Gasteiger partial charge in [0.2, 0.25) is 5.91 Å². The van der Waals surface area contributed by atoms with Crippen LogP contribution in [0.1, 0.15) is 32.8 Å². The van der Waals surface area contributed by atoms with Crippen molar-refractivity contribution < 1.29 is 23.9 Å². The molecule has 8 heteroatoms. The zero-order chi connectivity index (χ0) is 22.4. The second-order valence-corrected chi connectivity index (χ2v) is 9.51. The molecule has 1 aromatic rings. The Labute approximate surface area is 188 Å². The van der Waals surface area contributed by atoms with E-state index in [0.29, 0.717) is 30.7 Å².